The first kappa shape index (κ1) is 12.8. The van der Waals surface area contributed by atoms with Gasteiger partial charge in [-0.3, -0.25) is 4.79 Å². The van der Waals surface area contributed by atoms with Crippen molar-refractivity contribution in [3.63, 3.8) is 0 Å². The zero-order valence-corrected chi connectivity index (χ0v) is 11.7. The zero-order valence-electron chi connectivity index (χ0n) is 9.56. The van der Waals surface area contributed by atoms with Crippen molar-refractivity contribution in [3.05, 3.63) is 33.4 Å². The number of hydrogen-bond donors (Lipinski definition) is 1. The zero-order chi connectivity index (χ0) is 12.3. The molecule has 1 aromatic carbocycles. The van der Waals surface area contributed by atoms with Gasteiger partial charge in [0.1, 0.15) is 0 Å². The molecule has 1 amide bonds. The quantitative estimate of drug-likeness (QED) is 0.854. The molecular formula is C13H16INO2. The molecular weight excluding hydrogens is 329 g/mol. The van der Waals surface area contributed by atoms with Crippen molar-refractivity contribution < 1.29 is 9.53 Å². The molecule has 0 aromatic heterocycles. The molecule has 3 nitrogen and oxygen atoms in total. The molecule has 0 bridgehead atoms. The molecule has 1 fully saturated rings. The van der Waals surface area contributed by atoms with Gasteiger partial charge < -0.3 is 10.5 Å². The van der Waals surface area contributed by atoms with E-state index >= 15 is 0 Å². The van der Waals surface area contributed by atoms with E-state index in [0.717, 1.165) is 25.9 Å². The molecule has 1 heterocycles. The molecule has 2 atom stereocenters. The summed E-state index contributed by atoms with van der Waals surface area (Å²) in [5.41, 5.74) is 6.62. The minimum atomic E-state index is -0.236. The number of rotatable bonds is 3. The molecule has 1 saturated heterocycles. The fourth-order valence-electron chi connectivity index (χ4n) is 2.26. The molecule has 0 radical (unpaired) electrons. The van der Waals surface area contributed by atoms with Gasteiger partial charge in [-0.1, -0.05) is 12.1 Å². The third-order valence-electron chi connectivity index (χ3n) is 3.13. The molecule has 0 spiro atoms. The highest BCUT2D eigenvalue weighted by Crippen LogP contribution is 2.24. The normalized spacial score (nSPS) is 24.5. The summed E-state index contributed by atoms with van der Waals surface area (Å²) in [6, 6.07) is 8.27. The second-order valence-electron chi connectivity index (χ2n) is 4.39. The molecule has 0 saturated carbocycles. The lowest BCUT2D eigenvalue weighted by Gasteiger charge is -2.29. The van der Waals surface area contributed by atoms with Crippen LogP contribution in [0.1, 0.15) is 18.4 Å². The van der Waals surface area contributed by atoms with Crippen LogP contribution in [0.5, 0.6) is 0 Å². The summed E-state index contributed by atoms with van der Waals surface area (Å²) in [5, 5.41) is 0. The lowest BCUT2D eigenvalue weighted by atomic mass is 9.89. The van der Waals surface area contributed by atoms with Crippen LogP contribution in [-0.2, 0) is 16.0 Å². The number of ether oxygens (including phenoxy) is 1. The fourth-order valence-corrected chi connectivity index (χ4v) is 2.87. The SMILES string of the molecule is NC(=O)C1CCCOC1Cc1cccc(I)c1. The summed E-state index contributed by atoms with van der Waals surface area (Å²) in [6.07, 6.45) is 2.49. The van der Waals surface area contributed by atoms with Crippen LogP contribution in [-0.4, -0.2) is 18.6 Å². The summed E-state index contributed by atoms with van der Waals surface area (Å²) in [7, 11) is 0. The standard InChI is InChI=1S/C13H16INO2/c14-10-4-1-3-9(7-10)8-12-11(13(15)16)5-2-6-17-12/h1,3-4,7,11-12H,2,5-6,8H2,(H2,15,16). The maximum absolute atomic E-state index is 11.4. The molecule has 2 unspecified atom stereocenters. The Labute approximate surface area is 115 Å². The average Bonchev–Trinajstić information content (AvgIpc) is 2.29. The number of benzene rings is 1. The number of halogens is 1. The fraction of sp³-hybridized carbons (Fsp3) is 0.462. The Morgan fingerprint density at radius 1 is 1.53 bits per heavy atom. The highest BCUT2D eigenvalue weighted by atomic mass is 127. The minimum Gasteiger partial charge on any atom is -0.377 e. The summed E-state index contributed by atoms with van der Waals surface area (Å²) < 4.78 is 6.89. The molecule has 92 valence electrons. The van der Waals surface area contributed by atoms with Gasteiger partial charge in [-0.15, -0.1) is 0 Å². The van der Waals surface area contributed by atoms with E-state index in [-0.39, 0.29) is 17.9 Å². The number of amides is 1. The van der Waals surface area contributed by atoms with Gasteiger partial charge in [0.15, 0.2) is 0 Å². The van der Waals surface area contributed by atoms with E-state index in [1.807, 2.05) is 6.07 Å². The van der Waals surface area contributed by atoms with Crippen molar-refractivity contribution in [2.45, 2.75) is 25.4 Å². The first-order valence-corrected chi connectivity index (χ1v) is 6.90. The maximum atomic E-state index is 11.4. The number of nitrogens with two attached hydrogens (primary N) is 1. The molecule has 17 heavy (non-hydrogen) atoms. The number of carbonyl (C=O) groups is 1. The third kappa shape index (κ3) is 3.42. The van der Waals surface area contributed by atoms with E-state index in [1.165, 1.54) is 9.13 Å². The van der Waals surface area contributed by atoms with E-state index < -0.39 is 0 Å². The Morgan fingerprint density at radius 2 is 2.35 bits per heavy atom. The third-order valence-corrected chi connectivity index (χ3v) is 3.80. The van der Waals surface area contributed by atoms with Crippen molar-refractivity contribution >= 4 is 28.5 Å². The van der Waals surface area contributed by atoms with Gasteiger partial charge in [0, 0.05) is 10.2 Å². The van der Waals surface area contributed by atoms with Crippen LogP contribution in [0, 0.1) is 9.49 Å². The van der Waals surface area contributed by atoms with Crippen LogP contribution < -0.4 is 5.73 Å². The molecule has 1 aliphatic rings. The second kappa shape index (κ2) is 5.82. The van der Waals surface area contributed by atoms with Gasteiger partial charge in [-0.05, 0) is 59.5 Å². The molecule has 2 N–H and O–H groups in total. The number of primary amides is 1. The predicted octanol–water partition coefficient (Wildman–Crippen LogP) is 2.11. The highest BCUT2D eigenvalue weighted by Gasteiger charge is 2.30. The lowest BCUT2D eigenvalue weighted by Crippen LogP contribution is -2.40. The molecule has 0 aliphatic carbocycles. The summed E-state index contributed by atoms with van der Waals surface area (Å²) in [6.45, 7) is 0.734. The summed E-state index contributed by atoms with van der Waals surface area (Å²) in [5.74, 6) is -0.373. The molecule has 4 heteroatoms. The van der Waals surface area contributed by atoms with Crippen LogP contribution >= 0.6 is 22.6 Å². The van der Waals surface area contributed by atoms with Gasteiger partial charge >= 0.3 is 0 Å². The van der Waals surface area contributed by atoms with Crippen molar-refractivity contribution in [1.29, 1.82) is 0 Å². The average molecular weight is 345 g/mol. The highest BCUT2D eigenvalue weighted by molar-refractivity contribution is 14.1. The van der Waals surface area contributed by atoms with E-state index in [1.54, 1.807) is 0 Å². The van der Waals surface area contributed by atoms with Gasteiger partial charge in [-0.2, -0.15) is 0 Å². The van der Waals surface area contributed by atoms with Gasteiger partial charge in [0.25, 0.3) is 0 Å². The topological polar surface area (TPSA) is 52.3 Å². The molecule has 1 aromatic rings. The Morgan fingerprint density at radius 3 is 3.06 bits per heavy atom. The largest absolute Gasteiger partial charge is 0.377 e. The van der Waals surface area contributed by atoms with E-state index in [2.05, 4.69) is 40.8 Å². The predicted molar refractivity (Wildman–Crippen MR) is 74.5 cm³/mol. The molecule has 1 aliphatic heterocycles. The van der Waals surface area contributed by atoms with Crippen LogP contribution in [0.2, 0.25) is 0 Å². The monoisotopic (exact) mass is 345 g/mol. The van der Waals surface area contributed by atoms with Crippen molar-refractivity contribution in [3.8, 4) is 0 Å². The summed E-state index contributed by atoms with van der Waals surface area (Å²) >= 11 is 2.29. The Bertz CT molecular complexity index is 408. The van der Waals surface area contributed by atoms with Crippen molar-refractivity contribution in [1.82, 2.24) is 0 Å². The van der Waals surface area contributed by atoms with Gasteiger partial charge in [-0.25, -0.2) is 0 Å². The maximum Gasteiger partial charge on any atom is 0.223 e. The first-order chi connectivity index (χ1) is 8.16. The van der Waals surface area contributed by atoms with E-state index in [4.69, 9.17) is 10.5 Å². The minimum absolute atomic E-state index is 0.0561. The van der Waals surface area contributed by atoms with E-state index in [0.29, 0.717) is 0 Å². The lowest BCUT2D eigenvalue weighted by molar-refractivity contribution is -0.130. The van der Waals surface area contributed by atoms with Gasteiger partial charge in [0.05, 0.1) is 12.0 Å². The Kier molecular flexibility index (Phi) is 4.39. The first-order valence-electron chi connectivity index (χ1n) is 5.82. The summed E-state index contributed by atoms with van der Waals surface area (Å²) in [4.78, 5) is 11.4. The Hall–Kier alpha value is -0.620. The van der Waals surface area contributed by atoms with Crippen molar-refractivity contribution in [2.75, 3.05) is 6.61 Å². The number of carbonyl (C=O) groups excluding carboxylic acids is 1. The van der Waals surface area contributed by atoms with Crippen LogP contribution in [0.4, 0.5) is 0 Å². The van der Waals surface area contributed by atoms with Crippen molar-refractivity contribution in [2.24, 2.45) is 11.7 Å². The molecule has 2 rings (SSSR count). The van der Waals surface area contributed by atoms with Crippen LogP contribution in [0.15, 0.2) is 24.3 Å². The van der Waals surface area contributed by atoms with Crippen LogP contribution in [0.3, 0.4) is 0 Å². The number of hydrogen-bond acceptors (Lipinski definition) is 2. The smallest absolute Gasteiger partial charge is 0.223 e. The second-order valence-corrected chi connectivity index (χ2v) is 5.64. The van der Waals surface area contributed by atoms with Gasteiger partial charge in [0.2, 0.25) is 5.91 Å². The Balaban J connectivity index is 2.08. The van der Waals surface area contributed by atoms with Crippen LogP contribution in [0.25, 0.3) is 0 Å². The van der Waals surface area contributed by atoms with E-state index in [9.17, 15) is 4.79 Å².